The molecule has 0 aromatic carbocycles. The van der Waals surface area contributed by atoms with Gasteiger partial charge in [-0.25, -0.2) is 8.42 Å². The maximum Gasteiger partial charge on any atom is 0.497 e. The summed E-state index contributed by atoms with van der Waals surface area (Å²) in [5.41, 5.74) is -5.16. The Balaban J connectivity index is 4.44. The van der Waals surface area contributed by atoms with Crippen molar-refractivity contribution in [3.63, 3.8) is 0 Å². The Kier molecular flexibility index (Phi) is 2.97. The zero-order valence-corrected chi connectivity index (χ0v) is 6.22. The van der Waals surface area contributed by atoms with Gasteiger partial charge in [0.15, 0.2) is 0 Å². The molecule has 0 fully saturated rings. The van der Waals surface area contributed by atoms with Gasteiger partial charge >= 0.3 is 5.51 Å². The second kappa shape index (κ2) is 2.96. The van der Waals surface area contributed by atoms with Crippen molar-refractivity contribution in [3.8, 4) is 0 Å². The molecule has 0 N–H and O–H groups in total. The van der Waals surface area contributed by atoms with Crippen LogP contribution in [0.5, 0.6) is 0 Å². The van der Waals surface area contributed by atoms with Crippen LogP contribution in [0, 0.1) is 0 Å². The summed E-state index contributed by atoms with van der Waals surface area (Å²) in [6.45, 7) is 0. The van der Waals surface area contributed by atoms with Gasteiger partial charge in [0.2, 0.25) is 9.84 Å². The SMILES string of the molecule is O=S(=O)(CCCl)C(F)(F)F. The van der Waals surface area contributed by atoms with E-state index in [2.05, 4.69) is 0 Å². The lowest BCUT2D eigenvalue weighted by Crippen LogP contribution is -2.26. The van der Waals surface area contributed by atoms with Crippen LogP contribution in [-0.2, 0) is 9.84 Å². The molecule has 0 radical (unpaired) electrons. The van der Waals surface area contributed by atoms with E-state index in [-0.39, 0.29) is 0 Å². The minimum absolute atomic E-state index is 0.540. The Morgan fingerprint density at radius 3 is 1.80 bits per heavy atom. The van der Waals surface area contributed by atoms with Crippen LogP contribution in [0.1, 0.15) is 0 Å². The molecule has 0 spiro atoms. The van der Waals surface area contributed by atoms with Crippen LogP contribution in [0.3, 0.4) is 0 Å². The first-order valence-corrected chi connectivity index (χ1v) is 4.35. The number of hydrogen-bond acceptors (Lipinski definition) is 2. The molecule has 0 atom stereocenters. The van der Waals surface area contributed by atoms with Crippen LogP contribution < -0.4 is 0 Å². The van der Waals surface area contributed by atoms with E-state index < -0.39 is 27.0 Å². The van der Waals surface area contributed by atoms with Gasteiger partial charge in [-0.1, -0.05) is 0 Å². The molecule has 0 amide bonds. The molecule has 7 heteroatoms. The predicted octanol–water partition coefficient (Wildman–Crippen LogP) is 1.16. The van der Waals surface area contributed by atoms with Crippen LogP contribution in [0.15, 0.2) is 0 Å². The Hall–Kier alpha value is 0.0300. The van der Waals surface area contributed by atoms with Crippen molar-refractivity contribution < 1.29 is 21.6 Å². The Bertz CT molecular complexity index is 194. The summed E-state index contributed by atoms with van der Waals surface area (Å²) in [7, 11) is -4.98. The van der Waals surface area contributed by atoms with Gasteiger partial charge in [-0.05, 0) is 0 Å². The third kappa shape index (κ3) is 2.34. The molecule has 0 unspecified atom stereocenters. The first-order chi connectivity index (χ1) is 4.31. The second-order valence-corrected chi connectivity index (χ2v) is 3.93. The molecule has 0 bridgehead atoms. The average molecular weight is 197 g/mol. The van der Waals surface area contributed by atoms with Crippen molar-refractivity contribution >= 4 is 21.4 Å². The molecule has 0 aromatic rings. The summed E-state index contributed by atoms with van der Waals surface area (Å²) in [5, 5.41) is 0. The quantitative estimate of drug-likeness (QED) is 0.621. The fourth-order valence-electron chi connectivity index (χ4n) is 0.217. The van der Waals surface area contributed by atoms with Gasteiger partial charge in [-0.15, -0.1) is 11.6 Å². The fraction of sp³-hybridized carbons (Fsp3) is 1.00. The van der Waals surface area contributed by atoms with Crippen molar-refractivity contribution in [2.45, 2.75) is 5.51 Å². The average Bonchev–Trinajstić information content (AvgIpc) is 1.61. The van der Waals surface area contributed by atoms with Crippen molar-refractivity contribution in [1.82, 2.24) is 0 Å². The van der Waals surface area contributed by atoms with Crippen molar-refractivity contribution in [2.75, 3.05) is 11.6 Å². The Morgan fingerprint density at radius 2 is 1.70 bits per heavy atom. The van der Waals surface area contributed by atoms with Gasteiger partial charge in [0.1, 0.15) is 0 Å². The van der Waals surface area contributed by atoms with Crippen LogP contribution in [0.2, 0.25) is 0 Å². The van der Waals surface area contributed by atoms with Crippen LogP contribution in [0.4, 0.5) is 13.2 Å². The zero-order valence-electron chi connectivity index (χ0n) is 4.65. The molecular weight excluding hydrogens is 193 g/mol. The van der Waals surface area contributed by atoms with E-state index in [0.29, 0.717) is 0 Å². The minimum Gasteiger partial charge on any atom is -0.220 e. The van der Waals surface area contributed by atoms with E-state index in [9.17, 15) is 21.6 Å². The number of sulfone groups is 1. The molecule has 0 aromatic heterocycles. The number of hydrogen-bond donors (Lipinski definition) is 0. The molecular formula is C3H4ClF3O2S. The summed E-state index contributed by atoms with van der Waals surface area (Å²) < 4.78 is 54.2. The van der Waals surface area contributed by atoms with E-state index in [1.54, 1.807) is 0 Å². The lowest BCUT2D eigenvalue weighted by atomic mass is 11.0. The second-order valence-electron chi connectivity index (χ2n) is 1.45. The first-order valence-electron chi connectivity index (χ1n) is 2.16. The summed E-state index contributed by atoms with van der Waals surface area (Å²) >= 11 is 4.81. The zero-order chi connectivity index (χ0) is 8.41. The van der Waals surface area contributed by atoms with Crippen LogP contribution in [0.25, 0.3) is 0 Å². The highest BCUT2D eigenvalue weighted by molar-refractivity contribution is 7.92. The monoisotopic (exact) mass is 196 g/mol. The molecule has 0 heterocycles. The summed E-state index contributed by atoms with van der Waals surface area (Å²) in [5.74, 6) is -1.60. The molecule has 10 heavy (non-hydrogen) atoms. The van der Waals surface area contributed by atoms with Crippen LogP contribution >= 0.6 is 11.6 Å². The van der Waals surface area contributed by atoms with Crippen molar-refractivity contribution in [2.24, 2.45) is 0 Å². The number of alkyl halides is 4. The van der Waals surface area contributed by atoms with Crippen molar-refractivity contribution in [1.29, 1.82) is 0 Å². The highest BCUT2D eigenvalue weighted by atomic mass is 35.5. The maximum atomic E-state index is 11.4. The normalized spacial score (nSPS) is 13.6. The molecule has 2 nitrogen and oxygen atoms in total. The van der Waals surface area contributed by atoms with E-state index in [1.807, 2.05) is 0 Å². The third-order valence-electron chi connectivity index (χ3n) is 0.699. The first kappa shape index (κ1) is 10.0. The largest absolute Gasteiger partial charge is 0.497 e. The standard InChI is InChI=1S/C3H4ClF3O2S/c4-1-2-10(8,9)3(5,6)7/h1-2H2. The lowest BCUT2D eigenvalue weighted by molar-refractivity contribution is -0.0434. The highest BCUT2D eigenvalue weighted by Gasteiger charge is 2.44. The number of halogens is 4. The lowest BCUT2D eigenvalue weighted by Gasteiger charge is -2.04. The highest BCUT2D eigenvalue weighted by Crippen LogP contribution is 2.23. The summed E-state index contributed by atoms with van der Waals surface area (Å²) in [6, 6.07) is 0. The van der Waals surface area contributed by atoms with Gasteiger partial charge in [0, 0.05) is 5.88 Å². The third-order valence-corrected chi connectivity index (χ3v) is 2.56. The van der Waals surface area contributed by atoms with Gasteiger partial charge < -0.3 is 0 Å². The fourth-order valence-corrected chi connectivity index (χ4v) is 1.26. The topological polar surface area (TPSA) is 34.1 Å². The van der Waals surface area contributed by atoms with Crippen LogP contribution in [-0.4, -0.2) is 25.6 Å². The van der Waals surface area contributed by atoms with Gasteiger partial charge in [0.25, 0.3) is 0 Å². The van der Waals surface area contributed by atoms with E-state index in [4.69, 9.17) is 11.6 Å². The Labute approximate surface area is 60.9 Å². The molecule has 0 aliphatic carbocycles. The van der Waals surface area contributed by atoms with E-state index in [0.717, 1.165) is 0 Å². The van der Waals surface area contributed by atoms with Gasteiger partial charge in [-0.3, -0.25) is 0 Å². The molecule has 0 aliphatic rings. The predicted molar refractivity (Wildman–Crippen MR) is 30.6 cm³/mol. The number of rotatable bonds is 2. The molecule has 0 saturated carbocycles. The smallest absolute Gasteiger partial charge is 0.220 e. The van der Waals surface area contributed by atoms with E-state index in [1.165, 1.54) is 0 Å². The van der Waals surface area contributed by atoms with Gasteiger partial charge in [-0.2, -0.15) is 13.2 Å². The summed E-state index contributed by atoms with van der Waals surface area (Å²) in [4.78, 5) is 0. The van der Waals surface area contributed by atoms with Gasteiger partial charge in [0.05, 0.1) is 5.75 Å². The molecule has 0 aliphatic heterocycles. The minimum atomic E-state index is -5.16. The molecule has 0 rings (SSSR count). The Morgan fingerprint density at radius 1 is 1.30 bits per heavy atom. The summed E-state index contributed by atoms with van der Waals surface area (Å²) in [6.07, 6.45) is 0. The van der Waals surface area contributed by atoms with Crippen molar-refractivity contribution in [3.05, 3.63) is 0 Å². The van der Waals surface area contributed by atoms with E-state index >= 15 is 0 Å². The molecule has 62 valence electrons. The maximum absolute atomic E-state index is 11.4. The molecule has 0 saturated heterocycles.